The Hall–Kier alpha value is -3.47. The number of aryl methyl sites for hydroxylation is 2. The van der Waals surface area contributed by atoms with Crippen molar-refractivity contribution in [1.29, 1.82) is 0 Å². The largest absolute Gasteiger partial charge is 0.491 e. The van der Waals surface area contributed by atoms with Gasteiger partial charge in [0.05, 0.1) is 17.2 Å². The predicted molar refractivity (Wildman–Crippen MR) is 145 cm³/mol. The van der Waals surface area contributed by atoms with Crippen LogP contribution in [-0.4, -0.2) is 39.3 Å². The number of hydrogen-bond acceptors (Lipinski definition) is 6. The van der Waals surface area contributed by atoms with Crippen molar-refractivity contribution in [3.05, 3.63) is 83.4 Å². The molecule has 3 N–H and O–H groups in total. The number of ether oxygens (including phenoxy) is 2. The zero-order chi connectivity index (χ0) is 26.1. The van der Waals surface area contributed by atoms with Crippen molar-refractivity contribution >= 4 is 44.6 Å². The van der Waals surface area contributed by atoms with Gasteiger partial charge in [-0.3, -0.25) is 14.8 Å². The van der Waals surface area contributed by atoms with E-state index in [4.69, 9.17) is 21.7 Å². The standard InChI is InChI=1S/C26H29N3O5S2/c1-4-33-16-17-34-22-12-8-20(9-13-22)25(30)28-26(35)27-21-10-14-23(15-11-21)36(31,32)29-24-18(2)6-5-7-19(24)3/h5-15,29H,4,16-17H2,1-3H3,(H2,27,28,30,35). The summed E-state index contributed by atoms with van der Waals surface area (Å²) in [5.41, 5.74) is 3.18. The third-order valence-electron chi connectivity index (χ3n) is 5.18. The molecule has 0 heterocycles. The Morgan fingerprint density at radius 3 is 2.17 bits per heavy atom. The van der Waals surface area contributed by atoms with E-state index in [9.17, 15) is 13.2 Å². The molecule has 0 saturated heterocycles. The highest BCUT2D eigenvalue weighted by Crippen LogP contribution is 2.24. The van der Waals surface area contributed by atoms with E-state index in [1.807, 2.05) is 39.0 Å². The highest BCUT2D eigenvalue weighted by Gasteiger charge is 2.17. The number of carbonyl (C=O) groups excluding carboxylic acids is 1. The van der Waals surface area contributed by atoms with Crippen molar-refractivity contribution in [3.8, 4) is 5.75 Å². The topological polar surface area (TPSA) is 106 Å². The number of para-hydroxylation sites is 1. The second-order valence-corrected chi connectivity index (χ2v) is 9.97. The van der Waals surface area contributed by atoms with Crippen molar-refractivity contribution in [2.24, 2.45) is 0 Å². The molecule has 0 aliphatic heterocycles. The molecule has 10 heteroatoms. The van der Waals surface area contributed by atoms with Crippen molar-refractivity contribution in [1.82, 2.24) is 5.32 Å². The van der Waals surface area contributed by atoms with Gasteiger partial charge in [-0.05, 0) is 92.6 Å². The molecular weight excluding hydrogens is 498 g/mol. The Morgan fingerprint density at radius 1 is 0.917 bits per heavy atom. The van der Waals surface area contributed by atoms with Crippen LogP contribution in [0.25, 0.3) is 0 Å². The van der Waals surface area contributed by atoms with Gasteiger partial charge in [-0.15, -0.1) is 0 Å². The molecule has 0 atom stereocenters. The van der Waals surface area contributed by atoms with Gasteiger partial charge in [0.2, 0.25) is 0 Å². The first-order valence-electron chi connectivity index (χ1n) is 11.3. The Kier molecular flexibility index (Phi) is 9.40. The molecule has 0 aliphatic carbocycles. The van der Waals surface area contributed by atoms with Crippen molar-refractivity contribution in [3.63, 3.8) is 0 Å². The maximum atomic E-state index is 12.8. The van der Waals surface area contributed by atoms with Crippen LogP contribution in [0.5, 0.6) is 5.75 Å². The Morgan fingerprint density at radius 2 is 1.56 bits per heavy atom. The Labute approximate surface area is 217 Å². The van der Waals surface area contributed by atoms with Gasteiger partial charge >= 0.3 is 0 Å². The lowest BCUT2D eigenvalue weighted by molar-refractivity contribution is 0.0977. The van der Waals surface area contributed by atoms with Gasteiger partial charge in [0.15, 0.2) is 5.11 Å². The molecule has 36 heavy (non-hydrogen) atoms. The molecule has 190 valence electrons. The minimum Gasteiger partial charge on any atom is -0.491 e. The highest BCUT2D eigenvalue weighted by atomic mass is 32.2. The molecule has 8 nitrogen and oxygen atoms in total. The maximum Gasteiger partial charge on any atom is 0.261 e. The Bertz CT molecular complexity index is 1290. The summed E-state index contributed by atoms with van der Waals surface area (Å²) < 4.78 is 39.1. The third-order valence-corrected chi connectivity index (χ3v) is 6.75. The lowest BCUT2D eigenvalue weighted by atomic mass is 10.1. The molecule has 0 saturated carbocycles. The van der Waals surface area contributed by atoms with E-state index in [1.165, 1.54) is 12.1 Å². The molecule has 3 aromatic carbocycles. The maximum absolute atomic E-state index is 12.8. The van der Waals surface area contributed by atoms with Gasteiger partial charge in [0.1, 0.15) is 12.4 Å². The summed E-state index contributed by atoms with van der Waals surface area (Å²) in [4.78, 5) is 12.6. The van der Waals surface area contributed by atoms with Crippen LogP contribution in [-0.2, 0) is 14.8 Å². The van der Waals surface area contributed by atoms with Gasteiger partial charge in [-0.2, -0.15) is 0 Å². The van der Waals surface area contributed by atoms with Crippen LogP contribution >= 0.6 is 12.2 Å². The summed E-state index contributed by atoms with van der Waals surface area (Å²) in [6.45, 7) is 7.16. The summed E-state index contributed by atoms with van der Waals surface area (Å²) in [6.07, 6.45) is 0. The average Bonchev–Trinajstić information content (AvgIpc) is 2.85. The number of hydrogen-bond donors (Lipinski definition) is 3. The smallest absolute Gasteiger partial charge is 0.261 e. The van der Waals surface area contributed by atoms with Crippen LogP contribution in [0.4, 0.5) is 11.4 Å². The fourth-order valence-electron chi connectivity index (χ4n) is 3.29. The summed E-state index contributed by atoms with van der Waals surface area (Å²) in [5, 5.41) is 5.57. The molecule has 0 spiro atoms. The van der Waals surface area contributed by atoms with Crippen LogP contribution in [0.3, 0.4) is 0 Å². The number of amides is 1. The summed E-state index contributed by atoms with van der Waals surface area (Å²) in [5.74, 6) is 0.249. The van der Waals surface area contributed by atoms with E-state index >= 15 is 0 Å². The van der Waals surface area contributed by atoms with E-state index in [2.05, 4.69) is 15.4 Å². The summed E-state index contributed by atoms with van der Waals surface area (Å²) in [7, 11) is -3.77. The van der Waals surface area contributed by atoms with Crippen LogP contribution in [0.1, 0.15) is 28.4 Å². The van der Waals surface area contributed by atoms with E-state index in [-0.39, 0.29) is 15.9 Å². The average molecular weight is 528 g/mol. The molecule has 0 fully saturated rings. The molecule has 3 aromatic rings. The minimum atomic E-state index is -3.77. The number of anilines is 2. The number of carbonyl (C=O) groups is 1. The molecule has 0 aliphatic rings. The number of nitrogens with one attached hydrogen (secondary N) is 3. The van der Waals surface area contributed by atoms with Gasteiger partial charge in [-0.1, -0.05) is 18.2 Å². The zero-order valence-electron chi connectivity index (χ0n) is 20.3. The first kappa shape index (κ1) is 27.1. The molecule has 0 radical (unpaired) electrons. The summed E-state index contributed by atoms with van der Waals surface area (Å²) >= 11 is 5.23. The normalized spacial score (nSPS) is 11.0. The zero-order valence-corrected chi connectivity index (χ0v) is 22.0. The first-order valence-corrected chi connectivity index (χ1v) is 13.2. The lowest BCUT2D eigenvalue weighted by Gasteiger charge is -2.14. The van der Waals surface area contributed by atoms with E-state index in [0.29, 0.717) is 42.5 Å². The molecular formula is C26H29N3O5S2. The predicted octanol–water partition coefficient (Wildman–Crippen LogP) is 4.65. The van der Waals surface area contributed by atoms with Crippen LogP contribution in [0, 0.1) is 13.8 Å². The molecule has 0 bridgehead atoms. The van der Waals surface area contributed by atoms with Gasteiger partial charge in [0, 0.05) is 17.9 Å². The molecule has 0 unspecified atom stereocenters. The fourth-order valence-corrected chi connectivity index (χ4v) is 4.70. The first-order chi connectivity index (χ1) is 17.2. The number of benzene rings is 3. The van der Waals surface area contributed by atoms with Crippen LogP contribution in [0.2, 0.25) is 0 Å². The van der Waals surface area contributed by atoms with Crippen molar-refractivity contribution < 1.29 is 22.7 Å². The number of rotatable bonds is 10. The SMILES string of the molecule is CCOCCOc1ccc(C(=O)NC(=S)Nc2ccc(S(=O)(=O)Nc3c(C)cccc3C)cc2)cc1. The second kappa shape index (κ2) is 12.5. The van der Waals surface area contributed by atoms with Crippen LogP contribution < -0.4 is 20.1 Å². The van der Waals surface area contributed by atoms with Gasteiger partial charge in [0.25, 0.3) is 15.9 Å². The minimum absolute atomic E-state index is 0.0845. The quantitative estimate of drug-likeness (QED) is 0.260. The monoisotopic (exact) mass is 527 g/mol. The number of sulfonamides is 1. The van der Waals surface area contributed by atoms with Crippen molar-refractivity contribution in [2.75, 3.05) is 29.9 Å². The summed E-state index contributed by atoms with van der Waals surface area (Å²) in [6, 6.07) is 18.3. The van der Waals surface area contributed by atoms with Gasteiger partial charge in [-0.25, -0.2) is 8.42 Å². The molecule has 1 amide bonds. The van der Waals surface area contributed by atoms with E-state index in [1.54, 1.807) is 36.4 Å². The fraction of sp³-hybridized carbons (Fsp3) is 0.231. The Balaban J connectivity index is 1.55. The van der Waals surface area contributed by atoms with Crippen molar-refractivity contribution in [2.45, 2.75) is 25.7 Å². The molecule has 3 rings (SSSR count). The third kappa shape index (κ3) is 7.51. The highest BCUT2D eigenvalue weighted by molar-refractivity contribution is 7.92. The van der Waals surface area contributed by atoms with E-state index in [0.717, 1.165) is 11.1 Å². The van der Waals surface area contributed by atoms with Gasteiger partial charge < -0.3 is 14.8 Å². The lowest BCUT2D eigenvalue weighted by Crippen LogP contribution is -2.34. The molecule has 0 aromatic heterocycles. The van der Waals surface area contributed by atoms with E-state index < -0.39 is 10.0 Å². The number of thiocarbonyl (C=S) groups is 1. The van der Waals surface area contributed by atoms with Crippen LogP contribution in [0.15, 0.2) is 71.6 Å². The second-order valence-electron chi connectivity index (χ2n) is 7.87.